The van der Waals surface area contributed by atoms with Gasteiger partial charge in [0, 0.05) is 19.8 Å². The molecule has 0 rings (SSSR count). The zero-order valence-corrected chi connectivity index (χ0v) is 17.3. The van der Waals surface area contributed by atoms with E-state index >= 15 is 0 Å². The Morgan fingerprint density at radius 2 is 1.41 bits per heavy atom. The second kappa shape index (κ2) is 11.1. The van der Waals surface area contributed by atoms with Gasteiger partial charge in [0.05, 0.1) is 6.04 Å². The number of hydrogen-bond donors (Lipinski definition) is 0. The highest BCUT2D eigenvalue weighted by atomic mass is 35.5. The lowest BCUT2D eigenvalue weighted by molar-refractivity contribution is -0.335. The molecular weight excluding hydrogens is 446 g/mol. The smallest absolute Gasteiger partial charge is 0.427 e. The summed E-state index contributed by atoms with van der Waals surface area (Å²) in [7, 11) is -3.49. The number of alkyl halides is 7. The predicted molar refractivity (Wildman–Crippen MR) is 87.8 cm³/mol. The van der Waals surface area contributed by atoms with Crippen LogP contribution in [-0.4, -0.2) is 64.4 Å². The third kappa shape index (κ3) is 8.75. The number of carbonyl (C=O) groups is 1. The van der Waals surface area contributed by atoms with E-state index in [-0.39, 0.29) is 19.8 Å². The molecule has 0 aromatic heterocycles. The number of rotatable bonds is 13. The Bertz CT molecular complexity index is 454. The highest BCUT2D eigenvalue weighted by molar-refractivity contribution is 6.65. The molecule has 0 saturated carbocycles. The molecule has 0 radical (unpaired) electrons. The highest BCUT2D eigenvalue weighted by Crippen LogP contribution is 2.37. The van der Waals surface area contributed by atoms with Crippen molar-refractivity contribution in [1.29, 1.82) is 0 Å². The van der Waals surface area contributed by atoms with Crippen molar-refractivity contribution in [2.75, 3.05) is 33.1 Å². The fourth-order valence-electron chi connectivity index (χ4n) is 1.79. The zero-order valence-electron chi connectivity index (χ0n) is 14.8. The summed E-state index contributed by atoms with van der Waals surface area (Å²) in [5.74, 6) is -6.22. The van der Waals surface area contributed by atoms with Crippen molar-refractivity contribution in [2.45, 2.75) is 43.4 Å². The largest absolute Gasteiger partial charge is 0.507 e. The number of esters is 1. The molecule has 1 atom stereocenters. The minimum atomic E-state index is -5.69. The maximum Gasteiger partial charge on any atom is 0.507 e. The van der Waals surface area contributed by atoms with Gasteiger partial charge < -0.3 is 22.8 Å². The van der Waals surface area contributed by atoms with E-state index in [4.69, 9.17) is 36.5 Å². The Kier molecular flexibility index (Phi) is 11.0. The Hall–Kier alpha value is -0.243. The number of carbonyl (C=O) groups excluding carboxylic acids is 1. The van der Waals surface area contributed by atoms with Crippen LogP contribution in [0.4, 0.5) is 22.0 Å². The molecule has 0 saturated heterocycles. The summed E-state index contributed by atoms with van der Waals surface area (Å²) in [6.07, 6.45) is -5.69. The topological polar surface area (TPSA) is 63.2 Å². The molecular formula is C13H21Cl2F5O6Si. The monoisotopic (exact) mass is 466 g/mol. The lowest BCUT2D eigenvalue weighted by Gasteiger charge is -2.32. The summed E-state index contributed by atoms with van der Waals surface area (Å²) >= 11 is 11.7. The third-order valence-electron chi connectivity index (χ3n) is 2.79. The van der Waals surface area contributed by atoms with E-state index in [2.05, 4.69) is 9.47 Å². The van der Waals surface area contributed by atoms with Crippen LogP contribution in [0, 0.1) is 0 Å². The number of hydrogen-bond acceptors (Lipinski definition) is 6. The minimum absolute atomic E-state index is 0.152. The SMILES string of the molecule is CCO[Si](CC(Cl)(Cl)OC(=O)COC(F)(CF)C(F)(F)F)(OCC)OCC. The maximum absolute atomic E-state index is 13.3. The molecule has 0 aromatic carbocycles. The lowest BCUT2D eigenvalue weighted by atomic mass is 10.3. The van der Waals surface area contributed by atoms with Crippen LogP contribution in [0.25, 0.3) is 0 Å². The second-order valence-corrected chi connectivity index (χ2v) is 8.92. The molecule has 0 aliphatic heterocycles. The highest BCUT2D eigenvalue weighted by Gasteiger charge is 2.58. The first-order valence-electron chi connectivity index (χ1n) is 7.77. The summed E-state index contributed by atoms with van der Waals surface area (Å²) in [6.45, 7) is 1.23. The van der Waals surface area contributed by atoms with Crippen LogP contribution in [0.3, 0.4) is 0 Å². The first-order chi connectivity index (χ1) is 12.3. The fourth-order valence-corrected chi connectivity index (χ4v) is 5.40. The first-order valence-corrected chi connectivity index (χ1v) is 10.5. The van der Waals surface area contributed by atoms with Crippen molar-refractivity contribution < 1.29 is 49.5 Å². The molecule has 0 aliphatic rings. The Balaban J connectivity index is 5.03. The molecule has 6 nitrogen and oxygen atoms in total. The fraction of sp³-hybridized carbons (Fsp3) is 0.923. The average molecular weight is 467 g/mol. The summed E-state index contributed by atoms with van der Waals surface area (Å²) in [4.78, 5) is 11.6. The van der Waals surface area contributed by atoms with Gasteiger partial charge >= 0.3 is 26.8 Å². The molecule has 0 spiro atoms. The van der Waals surface area contributed by atoms with Crippen molar-refractivity contribution in [2.24, 2.45) is 0 Å². The summed E-state index contributed by atoms with van der Waals surface area (Å²) in [5, 5.41) is 0. The molecule has 1 unspecified atom stereocenters. The van der Waals surface area contributed by atoms with Gasteiger partial charge in [-0.1, -0.05) is 23.2 Å². The molecule has 14 heteroatoms. The van der Waals surface area contributed by atoms with Crippen molar-refractivity contribution >= 4 is 38.0 Å². The standard InChI is InChI=1S/C13H21Cl2F5O6Si/c1-4-23-27(24-5-2,25-6-3)9-12(14,15)26-10(21)7-22-11(17,8-16)13(18,19)20/h4-9H2,1-3H3. The van der Waals surface area contributed by atoms with Crippen LogP contribution < -0.4 is 0 Å². The van der Waals surface area contributed by atoms with Gasteiger partial charge in [0.25, 0.3) is 4.52 Å². The zero-order chi connectivity index (χ0) is 21.4. The summed E-state index contributed by atoms with van der Waals surface area (Å²) in [6, 6.07) is -0.465. The van der Waals surface area contributed by atoms with E-state index in [1.54, 1.807) is 20.8 Å². The van der Waals surface area contributed by atoms with Crippen LogP contribution in [0.2, 0.25) is 6.04 Å². The quantitative estimate of drug-likeness (QED) is 0.177. The van der Waals surface area contributed by atoms with Gasteiger partial charge in [0.15, 0.2) is 6.67 Å². The van der Waals surface area contributed by atoms with Gasteiger partial charge in [-0.05, 0) is 20.8 Å². The van der Waals surface area contributed by atoms with E-state index in [0.29, 0.717) is 0 Å². The normalized spacial score (nSPS) is 15.5. The first kappa shape index (κ1) is 26.8. The van der Waals surface area contributed by atoms with Gasteiger partial charge in [0.2, 0.25) is 0 Å². The van der Waals surface area contributed by atoms with Crippen LogP contribution in [0.5, 0.6) is 0 Å². The van der Waals surface area contributed by atoms with Crippen LogP contribution in [0.1, 0.15) is 20.8 Å². The van der Waals surface area contributed by atoms with Gasteiger partial charge in [-0.2, -0.15) is 17.6 Å². The van der Waals surface area contributed by atoms with Crippen molar-refractivity contribution in [3.8, 4) is 0 Å². The lowest BCUT2D eigenvalue weighted by Crippen LogP contribution is -2.51. The molecule has 27 heavy (non-hydrogen) atoms. The van der Waals surface area contributed by atoms with Crippen molar-refractivity contribution in [1.82, 2.24) is 0 Å². The molecule has 0 aromatic rings. The van der Waals surface area contributed by atoms with Crippen LogP contribution >= 0.6 is 23.2 Å². The van der Waals surface area contributed by atoms with E-state index < -0.39 is 50.6 Å². The Morgan fingerprint density at radius 1 is 0.963 bits per heavy atom. The van der Waals surface area contributed by atoms with Gasteiger partial charge in [0.1, 0.15) is 6.61 Å². The Labute approximate surface area is 164 Å². The van der Waals surface area contributed by atoms with Gasteiger partial charge in [-0.25, -0.2) is 9.18 Å². The van der Waals surface area contributed by atoms with Crippen molar-refractivity contribution in [3.63, 3.8) is 0 Å². The molecule has 0 fully saturated rings. The molecule has 0 heterocycles. The minimum Gasteiger partial charge on any atom is -0.427 e. The number of halogens is 7. The van der Waals surface area contributed by atoms with E-state index in [9.17, 15) is 26.7 Å². The molecule has 0 aliphatic carbocycles. The molecule has 0 amide bonds. The Morgan fingerprint density at radius 3 is 1.74 bits per heavy atom. The van der Waals surface area contributed by atoms with E-state index in [1.165, 1.54) is 0 Å². The van der Waals surface area contributed by atoms with Crippen LogP contribution in [-0.2, 0) is 27.5 Å². The second-order valence-electron chi connectivity index (χ2n) is 4.92. The molecule has 0 bridgehead atoms. The molecule has 0 N–H and O–H groups in total. The van der Waals surface area contributed by atoms with Gasteiger partial charge in [-0.3, -0.25) is 0 Å². The molecule has 162 valence electrons. The van der Waals surface area contributed by atoms with E-state index in [0.717, 1.165) is 0 Å². The van der Waals surface area contributed by atoms with Crippen LogP contribution in [0.15, 0.2) is 0 Å². The third-order valence-corrected chi connectivity index (χ3v) is 6.78. The van der Waals surface area contributed by atoms with Gasteiger partial charge in [-0.15, -0.1) is 0 Å². The average Bonchev–Trinajstić information content (AvgIpc) is 2.51. The summed E-state index contributed by atoms with van der Waals surface area (Å²) in [5.41, 5.74) is 0. The predicted octanol–water partition coefficient (Wildman–Crippen LogP) is 3.92. The number of ether oxygens (including phenoxy) is 2. The van der Waals surface area contributed by atoms with E-state index in [1.807, 2.05) is 0 Å². The van der Waals surface area contributed by atoms with Crippen molar-refractivity contribution in [3.05, 3.63) is 0 Å². The summed E-state index contributed by atoms with van der Waals surface area (Å²) < 4.78 is 85.1. The maximum atomic E-state index is 13.3.